The summed E-state index contributed by atoms with van der Waals surface area (Å²) in [5.74, 6) is 0.253. The molecule has 0 bridgehead atoms. The maximum atomic E-state index is 12.7. The van der Waals surface area contributed by atoms with Crippen molar-refractivity contribution in [3.63, 3.8) is 0 Å². The van der Waals surface area contributed by atoms with Crippen molar-refractivity contribution in [2.45, 2.75) is 19.4 Å². The molecule has 0 radical (unpaired) electrons. The molecule has 1 N–H and O–H groups in total. The Bertz CT molecular complexity index is 857. The second kappa shape index (κ2) is 8.55. The average molecular weight is 387 g/mol. The first-order chi connectivity index (χ1) is 13.5. The van der Waals surface area contributed by atoms with Crippen LogP contribution in [0, 0.1) is 16.0 Å². The zero-order valence-electron chi connectivity index (χ0n) is 15.4. The zero-order chi connectivity index (χ0) is 20.1. The van der Waals surface area contributed by atoms with Crippen molar-refractivity contribution < 1.29 is 23.7 Å². The molecule has 2 aromatic rings. The summed E-state index contributed by atoms with van der Waals surface area (Å²) in [6.45, 7) is 1.16. The van der Waals surface area contributed by atoms with Gasteiger partial charge >= 0.3 is 5.69 Å². The summed E-state index contributed by atoms with van der Waals surface area (Å²) >= 11 is 0. The topological polar surface area (TPSA) is 115 Å². The zero-order valence-corrected chi connectivity index (χ0v) is 15.4. The Morgan fingerprint density at radius 1 is 1.32 bits per heavy atom. The highest BCUT2D eigenvalue weighted by Crippen LogP contribution is 2.28. The summed E-state index contributed by atoms with van der Waals surface area (Å²) in [6.07, 6.45) is 2.62. The van der Waals surface area contributed by atoms with E-state index in [2.05, 4.69) is 5.32 Å². The van der Waals surface area contributed by atoms with Gasteiger partial charge in [-0.15, -0.1) is 0 Å². The SMILES string of the molecule is COc1ccc(C(=O)N2CCC(C(=O)NCc3ccco3)CC2)cc1[N+](=O)[O-]. The van der Waals surface area contributed by atoms with Crippen LogP contribution in [0.5, 0.6) is 5.75 Å². The first-order valence-corrected chi connectivity index (χ1v) is 8.91. The quantitative estimate of drug-likeness (QED) is 0.601. The first kappa shape index (κ1) is 19.4. The molecule has 2 heterocycles. The van der Waals surface area contributed by atoms with Crippen LogP contribution in [0.1, 0.15) is 29.0 Å². The summed E-state index contributed by atoms with van der Waals surface area (Å²) in [7, 11) is 1.34. The number of nitrogens with zero attached hydrogens (tertiary/aromatic N) is 2. The van der Waals surface area contributed by atoms with Crippen molar-refractivity contribution in [3.05, 3.63) is 58.0 Å². The molecular formula is C19H21N3O6. The van der Waals surface area contributed by atoms with Crippen LogP contribution in [0.15, 0.2) is 41.0 Å². The molecule has 1 saturated heterocycles. The number of hydrogen-bond acceptors (Lipinski definition) is 6. The molecule has 1 aliphatic rings. The molecule has 0 atom stereocenters. The number of benzene rings is 1. The smallest absolute Gasteiger partial charge is 0.311 e. The lowest BCUT2D eigenvalue weighted by Crippen LogP contribution is -2.42. The molecule has 0 aliphatic carbocycles. The molecule has 28 heavy (non-hydrogen) atoms. The molecule has 1 aliphatic heterocycles. The van der Waals surface area contributed by atoms with Crippen molar-refractivity contribution in [2.24, 2.45) is 5.92 Å². The number of nitro groups is 1. The van der Waals surface area contributed by atoms with E-state index >= 15 is 0 Å². The number of methoxy groups -OCH3 is 1. The molecule has 0 spiro atoms. The van der Waals surface area contributed by atoms with Gasteiger partial charge in [0.05, 0.1) is 24.8 Å². The maximum Gasteiger partial charge on any atom is 0.311 e. The molecule has 0 saturated carbocycles. The number of ether oxygens (including phenoxy) is 1. The highest BCUT2D eigenvalue weighted by molar-refractivity contribution is 5.95. The normalized spacial score (nSPS) is 14.5. The van der Waals surface area contributed by atoms with Crippen molar-refractivity contribution in [3.8, 4) is 5.75 Å². The Morgan fingerprint density at radius 2 is 2.07 bits per heavy atom. The Hall–Kier alpha value is -3.36. The van der Waals surface area contributed by atoms with Crippen molar-refractivity contribution in [1.29, 1.82) is 0 Å². The van der Waals surface area contributed by atoms with Gasteiger partial charge in [0.15, 0.2) is 5.75 Å². The van der Waals surface area contributed by atoms with E-state index in [0.29, 0.717) is 38.2 Å². The molecule has 148 valence electrons. The molecule has 9 nitrogen and oxygen atoms in total. The minimum atomic E-state index is -0.578. The maximum absolute atomic E-state index is 12.7. The van der Waals surface area contributed by atoms with E-state index in [0.717, 1.165) is 0 Å². The van der Waals surface area contributed by atoms with Gasteiger partial charge in [0, 0.05) is 30.6 Å². The van der Waals surface area contributed by atoms with Crippen molar-refractivity contribution in [2.75, 3.05) is 20.2 Å². The lowest BCUT2D eigenvalue weighted by Gasteiger charge is -2.31. The molecular weight excluding hydrogens is 366 g/mol. The highest BCUT2D eigenvalue weighted by Gasteiger charge is 2.29. The highest BCUT2D eigenvalue weighted by atomic mass is 16.6. The van der Waals surface area contributed by atoms with Crippen LogP contribution < -0.4 is 10.1 Å². The predicted octanol–water partition coefficient (Wildman–Crippen LogP) is 2.37. The van der Waals surface area contributed by atoms with Crippen LogP contribution in [0.25, 0.3) is 0 Å². The third kappa shape index (κ3) is 4.30. The van der Waals surface area contributed by atoms with Crippen LogP contribution in [0.3, 0.4) is 0 Å². The number of rotatable bonds is 6. The number of furan rings is 1. The molecule has 3 rings (SSSR count). The largest absolute Gasteiger partial charge is 0.490 e. The number of hydrogen-bond donors (Lipinski definition) is 1. The summed E-state index contributed by atoms with van der Waals surface area (Å²) < 4.78 is 10.1. The molecule has 1 aromatic heterocycles. The number of likely N-dealkylation sites (tertiary alicyclic amines) is 1. The van der Waals surface area contributed by atoms with Gasteiger partial charge in [0.25, 0.3) is 5.91 Å². The fourth-order valence-electron chi connectivity index (χ4n) is 3.22. The molecule has 2 amide bonds. The minimum Gasteiger partial charge on any atom is -0.490 e. The van der Waals surface area contributed by atoms with Gasteiger partial charge in [-0.2, -0.15) is 0 Å². The Balaban J connectivity index is 1.57. The molecule has 1 fully saturated rings. The minimum absolute atomic E-state index is 0.0661. The van der Waals surface area contributed by atoms with E-state index in [-0.39, 0.29) is 34.7 Å². The second-order valence-electron chi connectivity index (χ2n) is 6.51. The number of nitrogens with one attached hydrogen (secondary N) is 1. The van der Waals surface area contributed by atoms with Crippen LogP contribution >= 0.6 is 0 Å². The Kier molecular flexibility index (Phi) is 5.93. The van der Waals surface area contributed by atoms with Crippen LogP contribution in [0.4, 0.5) is 5.69 Å². The number of nitro benzene ring substituents is 1. The van der Waals surface area contributed by atoms with Gasteiger partial charge in [-0.3, -0.25) is 19.7 Å². The number of amides is 2. The summed E-state index contributed by atoms with van der Waals surface area (Å²) in [5, 5.41) is 14.0. The number of carbonyl (C=O) groups excluding carboxylic acids is 2. The summed E-state index contributed by atoms with van der Waals surface area (Å²) in [4.78, 5) is 37.1. The van der Waals surface area contributed by atoms with Gasteiger partial charge in [-0.25, -0.2) is 0 Å². The third-order valence-electron chi connectivity index (χ3n) is 4.79. The molecule has 9 heteroatoms. The lowest BCUT2D eigenvalue weighted by atomic mass is 9.95. The van der Waals surface area contributed by atoms with Gasteiger partial charge < -0.3 is 19.4 Å². The lowest BCUT2D eigenvalue weighted by molar-refractivity contribution is -0.385. The van der Waals surface area contributed by atoms with Gasteiger partial charge in [-0.1, -0.05) is 0 Å². The van der Waals surface area contributed by atoms with E-state index in [9.17, 15) is 19.7 Å². The van der Waals surface area contributed by atoms with Crippen LogP contribution in [0.2, 0.25) is 0 Å². The van der Waals surface area contributed by atoms with E-state index in [4.69, 9.17) is 9.15 Å². The van der Waals surface area contributed by atoms with Crippen molar-refractivity contribution in [1.82, 2.24) is 10.2 Å². The fourth-order valence-corrected chi connectivity index (χ4v) is 3.22. The summed E-state index contributed by atoms with van der Waals surface area (Å²) in [5.41, 5.74) is -0.0197. The van der Waals surface area contributed by atoms with Crippen LogP contribution in [-0.4, -0.2) is 41.8 Å². The van der Waals surface area contributed by atoms with Gasteiger partial charge in [0.2, 0.25) is 5.91 Å². The molecule has 0 unspecified atom stereocenters. The predicted molar refractivity (Wildman–Crippen MR) is 98.8 cm³/mol. The molecule has 1 aromatic carbocycles. The monoisotopic (exact) mass is 387 g/mol. The third-order valence-corrected chi connectivity index (χ3v) is 4.79. The van der Waals surface area contributed by atoms with E-state index in [1.165, 1.54) is 25.3 Å². The van der Waals surface area contributed by atoms with Crippen LogP contribution in [-0.2, 0) is 11.3 Å². The van der Waals surface area contributed by atoms with E-state index in [1.807, 2.05) is 0 Å². The van der Waals surface area contributed by atoms with Gasteiger partial charge in [-0.05, 0) is 37.1 Å². The summed E-state index contributed by atoms with van der Waals surface area (Å²) in [6, 6.07) is 7.70. The van der Waals surface area contributed by atoms with E-state index in [1.54, 1.807) is 23.3 Å². The first-order valence-electron chi connectivity index (χ1n) is 8.91. The Morgan fingerprint density at radius 3 is 2.68 bits per heavy atom. The second-order valence-corrected chi connectivity index (χ2v) is 6.51. The number of piperidine rings is 1. The Labute approximate surface area is 161 Å². The van der Waals surface area contributed by atoms with Crippen molar-refractivity contribution >= 4 is 17.5 Å². The van der Waals surface area contributed by atoms with Gasteiger partial charge in [0.1, 0.15) is 5.76 Å². The standard InChI is InChI=1S/C19H21N3O6/c1-27-17-5-4-14(11-16(17)22(25)26)19(24)21-8-6-13(7-9-21)18(23)20-12-15-3-2-10-28-15/h2-5,10-11,13H,6-9,12H2,1H3,(H,20,23). The number of carbonyl (C=O) groups is 2. The fraction of sp³-hybridized carbons (Fsp3) is 0.368. The average Bonchev–Trinajstić information content (AvgIpc) is 3.24. The van der Waals surface area contributed by atoms with E-state index < -0.39 is 4.92 Å².